The molecule has 0 aliphatic heterocycles. The van der Waals surface area contributed by atoms with Crippen molar-refractivity contribution in [2.75, 3.05) is 0 Å². The van der Waals surface area contributed by atoms with Crippen molar-refractivity contribution in [3.8, 4) is 0 Å². The molecule has 0 heterocycles. The summed E-state index contributed by atoms with van der Waals surface area (Å²) in [6.07, 6.45) is 0.743. The quantitative estimate of drug-likeness (QED) is 0.228. The summed E-state index contributed by atoms with van der Waals surface area (Å²) in [5.41, 5.74) is 1.67. The van der Waals surface area contributed by atoms with Crippen molar-refractivity contribution in [3.05, 3.63) is 0 Å². The maximum atomic E-state index is 10.0. The van der Waals surface area contributed by atoms with Crippen LogP contribution in [0.4, 0.5) is 0 Å². The zero-order valence-corrected chi connectivity index (χ0v) is 11.4. The second-order valence-corrected chi connectivity index (χ2v) is 3.49. The molecule has 8 N–H and O–H groups in total. The second-order valence-electron chi connectivity index (χ2n) is 3.49. The lowest BCUT2D eigenvalue weighted by molar-refractivity contribution is -0.124. The molecule has 0 amide bonds. The van der Waals surface area contributed by atoms with Gasteiger partial charge in [-0.05, 0) is 27.7 Å². The Bertz CT molecular complexity index is 271. The Morgan fingerprint density at radius 1 is 0.778 bits per heavy atom. The Balaban J connectivity index is -0.000000225. The lowest BCUT2D eigenvalue weighted by atomic mass is 10.2. The molecule has 0 saturated carbocycles. The number of ketones is 2. The van der Waals surface area contributed by atoms with Gasteiger partial charge in [0.25, 0.3) is 0 Å². The Morgan fingerprint density at radius 3 is 1.17 bits per heavy atom. The molecule has 18 heavy (non-hydrogen) atoms. The van der Waals surface area contributed by atoms with Crippen LogP contribution in [0.15, 0.2) is 10.2 Å². The molecule has 0 aromatic carbocycles. The highest BCUT2D eigenvalue weighted by Crippen LogP contribution is 1.86. The van der Waals surface area contributed by atoms with Crippen LogP contribution in [-0.4, -0.2) is 23.0 Å². The highest BCUT2D eigenvalue weighted by molar-refractivity contribution is 6.02. The van der Waals surface area contributed by atoms with Crippen molar-refractivity contribution in [1.29, 1.82) is 0 Å². The smallest absolute Gasteiger partial charge is 0.137 e. The van der Waals surface area contributed by atoms with E-state index in [-0.39, 0.29) is 18.0 Å². The van der Waals surface area contributed by atoms with Crippen LogP contribution in [0.5, 0.6) is 0 Å². The molecule has 0 atom stereocenters. The molecule has 0 aliphatic rings. The fraction of sp³-hybridized carbons (Fsp3) is 0.600. The van der Waals surface area contributed by atoms with E-state index in [1.54, 1.807) is 0 Å². The van der Waals surface area contributed by atoms with Crippen LogP contribution in [0.25, 0.3) is 0 Å². The molecular weight excluding hydrogens is 236 g/mol. The van der Waals surface area contributed by atoms with Crippen molar-refractivity contribution in [2.24, 2.45) is 33.6 Å². The number of Topliss-reactive ketones (excluding diaryl/α,β-unsaturated/α-hetero) is 2. The minimum Gasteiger partial charge on any atom is -0.323 e. The maximum absolute atomic E-state index is 10.0. The maximum Gasteiger partial charge on any atom is 0.137 e. The fourth-order valence-electron chi connectivity index (χ4n) is 0.812. The number of hydrazone groups is 2. The minimum atomic E-state index is -0.0625. The number of carbonyl (C=O) groups is 2. The van der Waals surface area contributed by atoms with Gasteiger partial charge in [0.15, 0.2) is 0 Å². The summed E-state index contributed by atoms with van der Waals surface area (Å²) in [5, 5.41) is 6.91. The molecule has 8 nitrogen and oxygen atoms in total. The highest BCUT2D eigenvalue weighted by Gasteiger charge is 1.94. The van der Waals surface area contributed by atoms with Crippen LogP contribution >= 0.6 is 0 Å². The predicted molar refractivity (Wildman–Crippen MR) is 73.6 cm³/mol. The van der Waals surface area contributed by atoms with E-state index in [0.29, 0.717) is 6.42 Å². The topological polar surface area (TPSA) is 163 Å². The number of hydrazine groups is 1. The van der Waals surface area contributed by atoms with Gasteiger partial charge in [-0.2, -0.15) is 10.2 Å². The van der Waals surface area contributed by atoms with Gasteiger partial charge in [0.1, 0.15) is 11.6 Å². The molecule has 0 rings (SSSR count). The van der Waals surface area contributed by atoms with Gasteiger partial charge in [0.05, 0.1) is 6.42 Å². The summed E-state index contributed by atoms with van der Waals surface area (Å²) in [6.45, 7) is 6.46. The Kier molecular flexibility index (Phi) is 18.1. The fourth-order valence-corrected chi connectivity index (χ4v) is 0.812. The second kappa shape index (κ2) is 15.2. The van der Waals surface area contributed by atoms with Gasteiger partial charge in [-0.1, -0.05) is 0 Å². The van der Waals surface area contributed by atoms with Crippen LogP contribution in [0.2, 0.25) is 0 Å². The first-order chi connectivity index (χ1) is 8.33. The molecule has 0 unspecified atom stereocenters. The lowest BCUT2D eigenvalue weighted by Gasteiger charge is -1.94. The Labute approximate surface area is 107 Å². The van der Waals surface area contributed by atoms with Gasteiger partial charge in [0.2, 0.25) is 0 Å². The molecule has 0 bridgehead atoms. The van der Waals surface area contributed by atoms with Gasteiger partial charge in [-0.3, -0.25) is 21.3 Å². The van der Waals surface area contributed by atoms with Crippen LogP contribution in [0, 0.1) is 0 Å². The third-order valence-electron chi connectivity index (χ3n) is 1.45. The van der Waals surface area contributed by atoms with Crippen LogP contribution < -0.4 is 23.4 Å². The summed E-state index contributed by atoms with van der Waals surface area (Å²) < 4.78 is 0. The first kappa shape index (κ1) is 21.5. The van der Waals surface area contributed by atoms with E-state index in [1.165, 1.54) is 13.8 Å². The molecule has 0 fully saturated rings. The molecule has 0 aliphatic carbocycles. The van der Waals surface area contributed by atoms with Gasteiger partial charge in [-0.15, -0.1) is 0 Å². The number of hydrogen-bond acceptors (Lipinski definition) is 8. The number of carbonyl (C=O) groups excluding carboxylic acids is 2. The van der Waals surface area contributed by atoms with E-state index in [0.717, 1.165) is 11.4 Å². The number of nitrogens with two attached hydrogens (primary N) is 4. The van der Waals surface area contributed by atoms with E-state index in [4.69, 9.17) is 11.7 Å². The average Bonchev–Trinajstić information content (AvgIpc) is 2.30. The van der Waals surface area contributed by atoms with Gasteiger partial charge < -0.3 is 11.7 Å². The van der Waals surface area contributed by atoms with E-state index in [9.17, 15) is 9.59 Å². The normalized spacial score (nSPS) is 10.6. The third-order valence-corrected chi connectivity index (χ3v) is 1.45. The molecule has 0 aromatic heterocycles. The lowest BCUT2D eigenvalue weighted by Crippen LogP contribution is -2.05. The average molecular weight is 260 g/mol. The first-order valence-corrected chi connectivity index (χ1v) is 5.12. The Morgan fingerprint density at radius 2 is 1.06 bits per heavy atom. The van der Waals surface area contributed by atoms with E-state index < -0.39 is 0 Å². The van der Waals surface area contributed by atoms with E-state index in [2.05, 4.69) is 21.9 Å². The SMILES string of the molecule is CC(=O)CC(C)=O.CC(CC(C)=NN)=NN.NN. The number of hydrogen-bond donors (Lipinski definition) is 4. The Hall–Kier alpha value is -1.80. The summed E-state index contributed by atoms with van der Waals surface area (Å²) in [6, 6.07) is 0. The van der Waals surface area contributed by atoms with Crippen LogP contribution in [-0.2, 0) is 9.59 Å². The summed E-state index contributed by atoms with van der Waals surface area (Å²) in [4.78, 5) is 20.1. The predicted octanol–water partition coefficient (Wildman–Crippen LogP) is -0.581. The van der Waals surface area contributed by atoms with Gasteiger partial charge >= 0.3 is 0 Å². The molecule has 0 radical (unpaired) electrons. The summed E-state index contributed by atoms with van der Waals surface area (Å²) in [7, 11) is 0. The third kappa shape index (κ3) is 23.8. The first-order valence-electron chi connectivity index (χ1n) is 5.12. The zero-order valence-electron chi connectivity index (χ0n) is 11.4. The number of rotatable bonds is 4. The molecule has 8 heteroatoms. The van der Waals surface area contributed by atoms with Crippen molar-refractivity contribution in [1.82, 2.24) is 0 Å². The van der Waals surface area contributed by atoms with Crippen LogP contribution in [0.3, 0.4) is 0 Å². The van der Waals surface area contributed by atoms with Gasteiger partial charge in [0, 0.05) is 17.8 Å². The molecule has 106 valence electrons. The van der Waals surface area contributed by atoms with Gasteiger partial charge in [-0.25, -0.2) is 0 Å². The highest BCUT2D eigenvalue weighted by atomic mass is 16.1. The molecule has 0 saturated heterocycles. The monoisotopic (exact) mass is 260 g/mol. The molecule has 0 spiro atoms. The molecule has 0 aromatic rings. The number of nitrogens with zero attached hydrogens (tertiary/aromatic N) is 2. The molecular formula is C10H24N6O2. The van der Waals surface area contributed by atoms with Crippen molar-refractivity contribution in [2.45, 2.75) is 40.5 Å². The van der Waals surface area contributed by atoms with Crippen LogP contribution in [0.1, 0.15) is 40.5 Å². The van der Waals surface area contributed by atoms with Crippen molar-refractivity contribution >= 4 is 23.0 Å². The van der Waals surface area contributed by atoms with E-state index >= 15 is 0 Å². The zero-order chi connectivity index (χ0) is 15.1. The largest absolute Gasteiger partial charge is 0.323 e. The standard InChI is InChI=1S/C5H12N4.C5H8O2.H4N2/c1-4(8-6)3-5(2)9-7;1-4(6)3-5(2)7;1-2/h3,6-7H2,1-2H3;3H2,1-2H3;1-2H2. The summed E-state index contributed by atoms with van der Waals surface area (Å²) in [5.74, 6) is 17.8. The van der Waals surface area contributed by atoms with Crippen molar-refractivity contribution in [3.63, 3.8) is 0 Å². The summed E-state index contributed by atoms with van der Waals surface area (Å²) >= 11 is 0. The minimum absolute atomic E-state index is 0.0625. The van der Waals surface area contributed by atoms with E-state index in [1.807, 2.05) is 13.8 Å². The van der Waals surface area contributed by atoms with Crippen molar-refractivity contribution < 1.29 is 9.59 Å².